The number of carbonyl (C=O) groups is 2. The number of fused-ring (bicyclic) bond motifs is 1. The molecule has 3 N–H and O–H groups in total. The van der Waals surface area contributed by atoms with Crippen LogP contribution in [0.1, 0.15) is 49.7 Å². The summed E-state index contributed by atoms with van der Waals surface area (Å²) in [5, 5.41) is 1.93. The number of imide groups is 1. The van der Waals surface area contributed by atoms with Crippen molar-refractivity contribution in [3.05, 3.63) is 46.5 Å². The van der Waals surface area contributed by atoms with Gasteiger partial charge in [0.25, 0.3) is 17.2 Å². The van der Waals surface area contributed by atoms with Gasteiger partial charge in [-0.3, -0.25) is 19.9 Å². The third-order valence-electron chi connectivity index (χ3n) is 8.14. The lowest BCUT2D eigenvalue weighted by molar-refractivity contribution is -0.115. The molecule has 172 valence electrons. The summed E-state index contributed by atoms with van der Waals surface area (Å²) < 4.78 is 5.96. The molecule has 4 aliphatic carbocycles. The molecule has 4 saturated carbocycles. The quantitative estimate of drug-likeness (QED) is 0.500. The summed E-state index contributed by atoms with van der Waals surface area (Å²) in [5.74, 6) is 2.07. The number of anilines is 1. The van der Waals surface area contributed by atoms with E-state index in [1.807, 2.05) is 18.2 Å². The second-order valence-electron chi connectivity index (χ2n) is 10.5. The number of aromatic nitrogens is 2. The smallest absolute Gasteiger partial charge is 0.292 e. The molecule has 3 heterocycles. The van der Waals surface area contributed by atoms with Gasteiger partial charge in [0.05, 0.1) is 10.6 Å². The van der Waals surface area contributed by atoms with Crippen molar-refractivity contribution in [1.29, 1.82) is 0 Å². The van der Waals surface area contributed by atoms with Crippen LogP contribution in [0.2, 0.25) is 0 Å². The Labute approximate surface area is 200 Å². The van der Waals surface area contributed by atoms with Crippen molar-refractivity contribution in [2.75, 3.05) is 5.73 Å². The highest BCUT2D eigenvalue weighted by Crippen LogP contribution is 2.61. The molecule has 5 aliphatic rings. The number of pyridine rings is 1. The van der Waals surface area contributed by atoms with Crippen molar-refractivity contribution in [3.63, 3.8) is 0 Å². The summed E-state index contributed by atoms with van der Waals surface area (Å²) >= 11 is 0.905. The molecule has 7 nitrogen and oxygen atoms in total. The number of nitrogens with zero attached hydrogens (tertiary/aromatic N) is 2. The first kappa shape index (κ1) is 20.3. The van der Waals surface area contributed by atoms with Gasteiger partial charge in [0.2, 0.25) is 0 Å². The Bertz CT molecular complexity index is 1360. The Hall–Kier alpha value is -3.13. The number of carbonyl (C=O) groups excluding carboxylic acids is 2. The molecule has 34 heavy (non-hydrogen) atoms. The molecule has 2 aromatic heterocycles. The second-order valence-corrected chi connectivity index (χ2v) is 11.5. The normalized spacial score (nSPS) is 31.1. The van der Waals surface area contributed by atoms with E-state index >= 15 is 0 Å². The first-order valence-corrected chi connectivity index (χ1v) is 12.7. The van der Waals surface area contributed by atoms with Crippen LogP contribution in [-0.2, 0) is 10.2 Å². The average molecular weight is 473 g/mol. The molecular formula is C26H24N4O3S. The summed E-state index contributed by atoms with van der Waals surface area (Å²) in [6.07, 6.45) is 11.2. The van der Waals surface area contributed by atoms with Gasteiger partial charge in [-0.25, -0.2) is 0 Å². The minimum absolute atomic E-state index is 0.138. The number of nitrogens with one attached hydrogen (secondary N) is 1. The summed E-state index contributed by atoms with van der Waals surface area (Å²) in [7, 11) is 0. The maximum Gasteiger partial charge on any atom is 0.292 e. The van der Waals surface area contributed by atoms with Crippen LogP contribution >= 0.6 is 11.8 Å². The number of oxazole rings is 1. The number of rotatable bonds is 3. The van der Waals surface area contributed by atoms with Crippen LogP contribution < -0.4 is 11.1 Å². The predicted octanol–water partition coefficient (Wildman–Crippen LogP) is 5.26. The topological polar surface area (TPSA) is 111 Å². The van der Waals surface area contributed by atoms with Gasteiger partial charge in [0, 0.05) is 17.3 Å². The number of nitrogens with two attached hydrogens (primary N) is 1. The molecule has 1 aromatic carbocycles. The van der Waals surface area contributed by atoms with Crippen molar-refractivity contribution < 1.29 is 14.0 Å². The van der Waals surface area contributed by atoms with Crippen LogP contribution in [0.25, 0.3) is 28.4 Å². The fraction of sp³-hybridized carbons (Fsp3) is 0.385. The van der Waals surface area contributed by atoms with E-state index in [1.54, 1.807) is 12.3 Å². The Balaban J connectivity index is 1.29. The maximum atomic E-state index is 11.8. The molecule has 0 radical (unpaired) electrons. The molecule has 5 fully saturated rings. The first-order valence-electron chi connectivity index (χ1n) is 11.9. The van der Waals surface area contributed by atoms with Crippen molar-refractivity contribution in [2.45, 2.75) is 43.9 Å². The van der Waals surface area contributed by atoms with E-state index in [2.05, 4.69) is 21.4 Å². The highest BCUT2D eigenvalue weighted by atomic mass is 32.2. The minimum atomic E-state index is -0.367. The Morgan fingerprint density at radius 1 is 1.09 bits per heavy atom. The highest BCUT2D eigenvalue weighted by molar-refractivity contribution is 8.18. The zero-order valence-electron chi connectivity index (χ0n) is 18.5. The molecule has 4 bridgehead atoms. The molecule has 8 heteroatoms. The van der Waals surface area contributed by atoms with Crippen LogP contribution in [0, 0.1) is 17.8 Å². The fourth-order valence-corrected chi connectivity index (χ4v) is 7.95. The lowest BCUT2D eigenvalue weighted by Crippen LogP contribution is -2.48. The summed E-state index contributed by atoms with van der Waals surface area (Å²) in [6.45, 7) is 0. The van der Waals surface area contributed by atoms with Crippen LogP contribution in [0.15, 0.2) is 39.8 Å². The van der Waals surface area contributed by atoms with E-state index in [9.17, 15) is 9.59 Å². The van der Waals surface area contributed by atoms with Crippen LogP contribution in [0.3, 0.4) is 0 Å². The molecule has 0 atom stereocenters. The van der Waals surface area contributed by atoms with Crippen molar-refractivity contribution in [3.8, 4) is 11.3 Å². The minimum Gasteiger partial charge on any atom is -0.423 e. The van der Waals surface area contributed by atoms with E-state index < -0.39 is 0 Å². The van der Waals surface area contributed by atoms with Crippen LogP contribution in [0.4, 0.5) is 10.8 Å². The number of hydrogen-bond donors (Lipinski definition) is 2. The lowest BCUT2D eigenvalue weighted by atomic mass is 9.48. The molecule has 8 rings (SSSR count). The van der Waals surface area contributed by atoms with Crippen molar-refractivity contribution >= 4 is 46.1 Å². The van der Waals surface area contributed by atoms with E-state index in [-0.39, 0.29) is 22.6 Å². The highest BCUT2D eigenvalue weighted by Gasteiger charge is 2.52. The van der Waals surface area contributed by atoms with E-state index in [0.717, 1.165) is 57.4 Å². The average Bonchev–Trinajstić information content (AvgIpc) is 3.32. The van der Waals surface area contributed by atoms with E-state index in [0.29, 0.717) is 4.91 Å². The summed E-state index contributed by atoms with van der Waals surface area (Å²) in [5.41, 5.74) is 11.6. The van der Waals surface area contributed by atoms with E-state index in [4.69, 9.17) is 10.2 Å². The van der Waals surface area contributed by atoms with Gasteiger partial charge in [-0.15, -0.1) is 0 Å². The number of amides is 2. The number of hydrogen-bond acceptors (Lipinski definition) is 7. The fourth-order valence-electron chi connectivity index (χ4n) is 7.27. The monoisotopic (exact) mass is 472 g/mol. The summed E-state index contributed by atoms with van der Waals surface area (Å²) in [4.78, 5) is 32.8. The first-order chi connectivity index (χ1) is 16.4. The van der Waals surface area contributed by atoms with Gasteiger partial charge in [0.15, 0.2) is 5.58 Å². The van der Waals surface area contributed by atoms with Crippen LogP contribution in [0.5, 0.6) is 0 Å². The maximum absolute atomic E-state index is 11.8. The number of nitrogen functional groups attached to an aromatic ring is 1. The second kappa shape index (κ2) is 7.18. The molecule has 0 unspecified atom stereocenters. The number of thioether (sulfide) groups is 1. The predicted molar refractivity (Wildman–Crippen MR) is 131 cm³/mol. The Kier molecular flexibility index (Phi) is 4.28. The van der Waals surface area contributed by atoms with Gasteiger partial charge in [0.1, 0.15) is 5.52 Å². The largest absolute Gasteiger partial charge is 0.423 e. The molecule has 1 aliphatic heterocycles. The molecule has 3 aromatic rings. The van der Waals surface area contributed by atoms with Gasteiger partial charge >= 0.3 is 0 Å². The van der Waals surface area contributed by atoms with Gasteiger partial charge < -0.3 is 10.2 Å². The van der Waals surface area contributed by atoms with Gasteiger partial charge in [-0.05, 0) is 103 Å². The zero-order valence-corrected chi connectivity index (χ0v) is 19.4. The summed E-state index contributed by atoms with van der Waals surface area (Å²) in [6, 6.07) is 8.31. The third-order valence-corrected chi connectivity index (χ3v) is 8.95. The SMILES string of the molecule is Nc1nc2cc(-c3ccc(C=C4SC(=O)NC4=O)cn3)cc(C34CC5CC(CC(C5)C3)C4)c2o1. The zero-order chi connectivity index (χ0) is 23.0. The molecule has 1 saturated heterocycles. The molecular weight excluding hydrogens is 448 g/mol. The Morgan fingerprint density at radius 3 is 2.44 bits per heavy atom. The number of benzene rings is 1. The van der Waals surface area contributed by atoms with Crippen LogP contribution in [-0.4, -0.2) is 21.1 Å². The molecule has 2 amide bonds. The lowest BCUT2D eigenvalue weighted by Gasteiger charge is -2.57. The Morgan fingerprint density at radius 2 is 1.82 bits per heavy atom. The van der Waals surface area contributed by atoms with Crippen molar-refractivity contribution in [2.24, 2.45) is 17.8 Å². The van der Waals surface area contributed by atoms with Gasteiger partial charge in [-0.1, -0.05) is 6.07 Å². The molecule has 0 spiro atoms. The third kappa shape index (κ3) is 3.19. The standard InChI is InChI=1S/C26H24N4O3S/c27-24-29-20-8-17(19-2-1-13(12-28-19)6-21-23(31)30-25(32)34-21)7-18(22(20)33-24)26-9-14-3-15(10-26)5-16(4-14)11-26/h1-2,6-8,12,14-16H,3-5,9-11H2,(H2,27,29)(H,30,31,32). The van der Waals surface area contributed by atoms with E-state index in [1.165, 1.54) is 44.1 Å². The van der Waals surface area contributed by atoms with Gasteiger partial charge in [-0.2, -0.15) is 4.98 Å². The van der Waals surface area contributed by atoms with Crippen molar-refractivity contribution in [1.82, 2.24) is 15.3 Å².